The second kappa shape index (κ2) is 7.14. The Morgan fingerprint density at radius 3 is 2.73 bits per heavy atom. The molecule has 26 heavy (non-hydrogen) atoms. The Kier molecular flexibility index (Phi) is 4.74. The lowest BCUT2D eigenvalue weighted by molar-refractivity contribution is 0.187. The Morgan fingerprint density at radius 1 is 1.23 bits per heavy atom. The molecule has 1 aromatic heterocycles. The first kappa shape index (κ1) is 17.3. The van der Waals surface area contributed by atoms with Crippen LogP contribution in [0.25, 0.3) is 11.3 Å². The van der Waals surface area contributed by atoms with Gasteiger partial charge in [-0.1, -0.05) is 0 Å². The van der Waals surface area contributed by atoms with Crippen LogP contribution in [0.4, 0.5) is 26.4 Å². The Hall–Kier alpha value is -3.55. The van der Waals surface area contributed by atoms with E-state index in [1.165, 1.54) is 19.2 Å². The van der Waals surface area contributed by atoms with Gasteiger partial charge in [0.15, 0.2) is 17.4 Å². The lowest BCUT2D eigenvalue weighted by Crippen LogP contribution is -2.11. The first-order valence-electron chi connectivity index (χ1n) is 7.73. The van der Waals surface area contributed by atoms with E-state index in [1.54, 1.807) is 30.3 Å². The summed E-state index contributed by atoms with van der Waals surface area (Å²) in [6, 6.07) is 11.2. The van der Waals surface area contributed by atoms with Crippen LogP contribution in [0.3, 0.4) is 0 Å². The van der Waals surface area contributed by atoms with Gasteiger partial charge >= 0.3 is 6.09 Å². The molecule has 0 saturated heterocycles. The van der Waals surface area contributed by atoms with E-state index in [2.05, 4.69) is 25.6 Å². The van der Waals surface area contributed by atoms with Gasteiger partial charge in [-0.25, -0.2) is 9.18 Å². The number of benzene rings is 2. The Bertz CT molecular complexity index is 955. The number of halogens is 1. The number of carbonyl (C=O) groups is 1. The monoisotopic (exact) mass is 356 g/mol. The summed E-state index contributed by atoms with van der Waals surface area (Å²) in [5.41, 5.74) is 3.47. The molecular weight excluding hydrogens is 339 g/mol. The molecule has 2 aromatic carbocycles. The Balaban J connectivity index is 1.76. The molecule has 0 radical (unpaired) electrons. The smallest absolute Gasteiger partial charge is 0.411 e. The van der Waals surface area contributed by atoms with Gasteiger partial charge in [-0.3, -0.25) is 10.4 Å². The molecule has 1 heterocycles. The van der Waals surface area contributed by atoms with E-state index < -0.39 is 17.7 Å². The second-order valence-corrected chi connectivity index (χ2v) is 5.60. The SMILES string of the molecule is COC(=O)Nc1ccc(Nc2cc(-c3ccc(O)c(F)c3)[nH]n2)c(C)c1. The first-order chi connectivity index (χ1) is 12.5. The molecule has 3 rings (SSSR count). The first-order valence-corrected chi connectivity index (χ1v) is 7.73. The summed E-state index contributed by atoms with van der Waals surface area (Å²) in [5, 5.41) is 22.0. The van der Waals surface area contributed by atoms with E-state index in [4.69, 9.17) is 0 Å². The highest BCUT2D eigenvalue weighted by atomic mass is 19.1. The minimum absolute atomic E-state index is 0.400. The highest BCUT2D eigenvalue weighted by Gasteiger charge is 2.09. The zero-order valence-electron chi connectivity index (χ0n) is 14.1. The topological polar surface area (TPSA) is 99.3 Å². The van der Waals surface area contributed by atoms with Crippen molar-refractivity contribution in [3.8, 4) is 17.0 Å². The number of rotatable bonds is 4. The molecule has 1 amide bonds. The third kappa shape index (κ3) is 3.75. The standard InChI is InChI=1S/C18H17FN4O3/c1-10-7-12(20-18(25)26-2)4-5-14(10)21-17-9-15(22-23-17)11-3-6-16(24)13(19)8-11/h3-9,24H,1-2H3,(H,20,25)(H2,21,22,23). The van der Waals surface area contributed by atoms with Gasteiger partial charge in [-0.2, -0.15) is 5.10 Å². The number of phenolic OH excluding ortho intramolecular Hbond substituents is 1. The lowest BCUT2D eigenvalue weighted by Gasteiger charge is -2.10. The van der Waals surface area contributed by atoms with Gasteiger partial charge in [0, 0.05) is 23.0 Å². The maximum atomic E-state index is 13.5. The third-order valence-corrected chi connectivity index (χ3v) is 3.76. The van der Waals surface area contributed by atoms with Gasteiger partial charge in [-0.15, -0.1) is 0 Å². The second-order valence-electron chi connectivity index (χ2n) is 5.60. The molecule has 0 aliphatic heterocycles. The fraction of sp³-hybridized carbons (Fsp3) is 0.111. The van der Waals surface area contributed by atoms with Crippen LogP contribution in [0.15, 0.2) is 42.5 Å². The van der Waals surface area contributed by atoms with Crippen molar-refractivity contribution >= 4 is 23.3 Å². The Labute approximate surface area is 148 Å². The van der Waals surface area contributed by atoms with Crippen LogP contribution in [0.2, 0.25) is 0 Å². The van der Waals surface area contributed by atoms with Crippen molar-refractivity contribution in [1.82, 2.24) is 10.2 Å². The van der Waals surface area contributed by atoms with Crippen molar-refractivity contribution in [2.24, 2.45) is 0 Å². The number of aromatic hydroxyl groups is 1. The molecule has 3 aromatic rings. The van der Waals surface area contributed by atoms with Crippen molar-refractivity contribution in [2.75, 3.05) is 17.7 Å². The number of aromatic nitrogens is 2. The van der Waals surface area contributed by atoms with Gasteiger partial charge in [0.2, 0.25) is 0 Å². The lowest BCUT2D eigenvalue weighted by atomic mass is 10.1. The zero-order chi connectivity index (χ0) is 18.7. The number of phenols is 1. The number of anilines is 3. The number of aryl methyl sites for hydroxylation is 1. The number of aromatic amines is 1. The zero-order valence-corrected chi connectivity index (χ0v) is 14.1. The summed E-state index contributed by atoms with van der Waals surface area (Å²) >= 11 is 0. The van der Waals surface area contributed by atoms with Crippen LogP contribution in [-0.2, 0) is 4.74 Å². The van der Waals surface area contributed by atoms with Crippen LogP contribution in [0.1, 0.15) is 5.56 Å². The van der Waals surface area contributed by atoms with Crippen LogP contribution < -0.4 is 10.6 Å². The van der Waals surface area contributed by atoms with E-state index in [-0.39, 0.29) is 0 Å². The number of hydrogen-bond donors (Lipinski definition) is 4. The number of nitrogens with zero attached hydrogens (tertiary/aromatic N) is 1. The minimum atomic E-state index is -0.698. The van der Waals surface area contributed by atoms with Gasteiger partial charge in [0.1, 0.15) is 0 Å². The fourth-order valence-corrected chi connectivity index (χ4v) is 2.40. The van der Waals surface area contributed by atoms with E-state index in [0.29, 0.717) is 22.8 Å². The molecular formula is C18H17FN4O3. The van der Waals surface area contributed by atoms with Crippen molar-refractivity contribution in [3.63, 3.8) is 0 Å². The normalized spacial score (nSPS) is 10.4. The molecule has 7 nitrogen and oxygen atoms in total. The highest BCUT2D eigenvalue weighted by molar-refractivity contribution is 5.85. The predicted octanol–water partition coefficient (Wildman–Crippen LogP) is 4.15. The number of ether oxygens (including phenoxy) is 1. The number of H-pyrrole nitrogens is 1. The summed E-state index contributed by atoms with van der Waals surface area (Å²) < 4.78 is 18.0. The molecule has 0 aliphatic carbocycles. The summed E-state index contributed by atoms with van der Waals surface area (Å²) in [6.45, 7) is 1.88. The predicted molar refractivity (Wildman–Crippen MR) is 96.1 cm³/mol. The van der Waals surface area contributed by atoms with E-state index in [1.807, 2.05) is 6.92 Å². The fourth-order valence-electron chi connectivity index (χ4n) is 2.40. The quantitative estimate of drug-likeness (QED) is 0.563. The van der Waals surface area contributed by atoms with E-state index in [9.17, 15) is 14.3 Å². The maximum absolute atomic E-state index is 13.5. The maximum Gasteiger partial charge on any atom is 0.411 e. The minimum Gasteiger partial charge on any atom is -0.505 e. The van der Waals surface area contributed by atoms with Crippen LogP contribution in [-0.4, -0.2) is 28.5 Å². The van der Waals surface area contributed by atoms with Crippen molar-refractivity contribution < 1.29 is 19.0 Å². The van der Waals surface area contributed by atoms with Crippen LogP contribution in [0, 0.1) is 12.7 Å². The van der Waals surface area contributed by atoms with Gasteiger partial charge in [0.25, 0.3) is 0 Å². The third-order valence-electron chi connectivity index (χ3n) is 3.76. The molecule has 0 saturated carbocycles. The summed E-state index contributed by atoms with van der Waals surface area (Å²) in [4.78, 5) is 11.2. The van der Waals surface area contributed by atoms with Crippen molar-refractivity contribution in [2.45, 2.75) is 6.92 Å². The number of carbonyl (C=O) groups excluding carboxylic acids is 1. The Morgan fingerprint density at radius 2 is 2.04 bits per heavy atom. The number of nitrogens with one attached hydrogen (secondary N) is 3. The molecule has 0 spiro atoms. The molecule has 0 bridgehead atoms. The molecule has 0 atom stereocenters. The molecule has 0 aliphatic rings. The number of methoxy groups -OCH3 is 1. The summed E-state index contributed by atoms with van der Waals surface area (Å²) in [5.74, 6) is -0.552. The number of amides is 1. The van der Waals surface area contributed by atoms with Crippen LogP contribution in [0.5, 0.6) is 5.75 Å². The average Bonchev–Trinajstić information content (AvgIpc) is 3.08. The molecule has 0 fully saturated rings. The van der Waals surface area contributed by atoms with Crippen LogP contribution >= 0.6 is 0 Å². The summed E-state index contributed by atoms with van der Waals surface area (Å²) in [7, 11) is 1.30. The molecule has 4 N–H and O–H groups in total. The van der Waals surface area contributed by atoms with Gasteiger partial charge in [-0.05, 0) is 48.9 Å². The van der Waals surface area contributed by atoms with Crippen molar-refractivity contribution in [1.29, 1.82) is 0 Å². The number of hydrogen-bond acceptors (Lipinski definition) is 5. The van der Waals surface area contributed by atoms with E-state index >= 15 is 0 Å². The average molecular weight is 356 g/mol. The molecule has 134 valence electrons. The van der Waals surface area contributed by atoms with Gasteiger partial charge in [0.05, 0.1) is 12.8 Å². The van der Waals surface area contributed by atoms with Gasteiger partial charge < -0.3 is 15.2 Å². The largest absolute Gasteiger partial charge is 0.505 e. The summed E-state index contributed by atoms with van der Waals surface area (Å²) in [6.07, 6.45) is -0.539. The van der Waals surface area contributed by atoms with E-state index in [0.717, 1.165) is 11.3 Å². The molecule has 8 heteroatoms. The van der Waals surface area contributed by atoms with Crippen molar-refractivity contribution in [3.05, 3.63) is 53.8 Å². The molecule has 0 unspecified atom stereocenters. The highest BCUT2D eigenvalue weighted by Crippen LogP contribution is 2.27.